The van der Waals surface area contributed by atoms with Crippen LogP contribution in [0.4, 0.5) is 0 Å². The van der Waals surface area contributed by atoms with E-state index >= 15 is 0 Å². The number of esters is 1. The second-order valence-corrected chi connectivity index (χ2v) is 4.74. The Morgan fingerprint density at radius 3 is 2.71 bits per heavy atom. The molecular weight excluding hydrogens is 222 g/mol. The van der Waals surface area contributed by atoms with Crippen molar-refractivity contribution in [3.63, 3.8) is 0 Å². The average molecular weight is 241 g/mol. The van der Waals surface area contributed by atoms with Crippen molar-refractivity contribution in [2.24, 2.45) is 0 Å². The normalized spacial score (nSPS) is 11.5. The second kappa shape index (κ2) is 5.77. The van der Waals surface area contributed by atoms with Gasteiger partial charge in [0.15, 0.2) is 5.82 Å². The zero-order valence-corrected chi connectivity index (χ0v) is 10.7. The van der Waals surface area contributed by atoms with Crippen molar-refractivity contribution in [1.82, 2.24) is 15.5 Å². The summed E-state index contributed by atoms with van der Waals surface area (Å²) in [5, 5.41) is 6.77. The first-order valence-corrected chi connectivity index (χ1v) is 5.58. The highest BCUT2D eigenvalue weighted by Gasteiger charge is 2.15. The number of aromatic nitrogens is 2. The first kappa shape index (κ1) is 13.6. The Hall–Kier alpha value is -1.43. The molecule has 0 aliphatic carbocycles. The minimum atomic E-state index is -0.429. The van der Waals surface area contributed by atoms with Gasteiger partial charge in [-0.3, -0.25) is 4.79 Å². The van der Waals surface area contributed by atoms with Crippen molar-refractivity contribution in [3.8, 4) is 0 Å². The first-order valence-electron chi connectivity index (χ1n) is 5.58. The summed E-state index contributed by atoms with van der Waals surface area (Å²) in [6.07, 6.45) is 0.327. The Kier molecular flexibility index (Phi) is 4.62. The highest BCUT2D eigenvalue weighted by atomic mass is 16.6. The summed E-state index contributed by atoms with van der Waals surface area (Å²) in [5.41, 5.74) is -0.429. The van der Waals surface area contributed by atoms with Crippen LogP contribution in [-0.2, 0) is 16.1 Å². The van der Waals surface area contributed by atoms with Gasteiger partial charge in [-0.05, 0) is 20.8 Å². The van der Waals surface area contributed by atoms with Crippen LogP contribution in [0, 0.1) is 6.92 Å². The SMILES string of the molecule is Cc1nc(CNCCC(=O)OC(C)(C)C)no1. The van der Waals surface area contributed by atoms with Gasteiger partial charge in [-0.1, -0.05) is 5.16 Å². The van der Waals surface area contributed by atoms with E-state index in [1.807, 2.05) is 20.8 Å². The summed E-state index contributed by atoms with van der Waals surface area (Å²) >= 11 is 0. The third kappa shape index (κ3) is 6.01. The molecule has 0 aliphatic heterocycles. The number of hydrogen-bond acceptors (Lipinski definition) is 6. The van der Waals surface area contributed by atoms with Crippen molar-refractivity contribution >= 4 is 5.97 Å². The third-order valence-corrected chi connectivity index (χ3v) is 1.78. The summed E-state index contributed by atoms with van der Waals surface area (Å²) in [6.45, 7) is 8.29. The van der Waals surface area contributed by atoms with E-state index in [0.717, 1.165) is 0 Å². The molecule has 1 N–H and O–H groups in total. The van der Waals surface area contributed by atoms with Crippen LogP contribution in [0.2, 0.25) is 0 Å². The van der Waals surface area contributed by atoms with Crippen LogP contribution < -0.4 is 5.32 Å². The fourth-order valence-corrected chi connectivity index (χ4v) is 1.20. The number of carbonyl (C=O) groups is 1. The van der Waals surface area contributed by atoms with Gasteiger partial charge < -0.3 is 14.6 Å². The quantitative estimate of drug-likeness (QED) is 0.616. The predicted molar refractivity (Wildman–Crippen MR) is 61.2 cm³/mol. The zero-order valence-electron chi connectivity index (χ0n) is 10.7. The molecule has 6 nitrogen and oxygen atoms in total. The second-order valence-electron chi connectivity index (χ2n) is 4.74. The van der Waals surface area contributed by atoms with Crippen molar-refractivity contribution < 1.29 is 14.1 Å². The number of hydrogen-bond donors (Lipinski definition) is 1. The summed E-state index contributed by atoms with van der Waals surface area (Å²) in [7, 11) is 0. The van der Waals surface area contributed by atoms with Gasteiger partial charge in [-0.2, -0.15) is 4.98 Å². The molecule has 0 unspecified atom stereocenters. The van der Waals surface area contributed by atoms with Crippen LogP contribution in [0.25, 0.3) is 0 Å². The van der Waals surface area contributed by atoms with E-state index in [0.29, 0.717) is 31.2 Å². The Morgan fingerprint density at radius 1 is 1.47 bits per heavy atom. The van der Waals surface area contributed by atoms with E-state index in [-0.39, 0.29) is 5.97 Å². The molecule has 0 spiro atoms. The smallest absolute Gasteiger partial charge is 0.307 e. The van der Waals surface area contributed by atoms with Crippen LogP contribution in [0.5, 0.6) is 0 Å². The molecule has 1 rings (SSSR count). The fraction of sp³-hybridized carbons (Fsp3) is 0.727. The molecule has 0 atom stereocenters. The highest BCUT2D eigenvalue weighted by Crippen LogP contribution is 2.07. The molecule has 0 aliphatic rings. The van der Waals surface area contributed by atoms with Crippen molar-refractivity contribution in [1.29, 1.82) is 0 Å². The molecule has 0 aromatic carbocycles. The van der Waals surface area contributed by atoms with Crippen LogP contribution in [0.1, 0.15) is 38.9 Å². The van der Waals surface area contributed by atoms with E-state index in [1.165, 1.54) is 0 Å². The highest BCUT2D eigenvalue weighted by molar-refractivity contribution is 5.70. The lowest BCUT2D eigenvalue weighted by atomic mass is 10.2. The maximum atomic E-state index is 11.4. The minimum Gasteiger partial charge on any atom is -0.460 e. The van der Waals surface area contributed by atoms with Gasteiger partial charge in [-0.15, -0.1) is 0 Å². The Bertz CT molecular complexity index is 368. The molecule has 6 heteroatoms. The lowest BCUT2D eigenvalue weighted by molar-refractivity contribution is -0.154. The molecular formula is C11H19N3O3. The molecule has 0 bridgehead atoms. The summed E-state index contributed by atoms with van der Waals surface area (Å²) < 4.78 is 9.98. The minimum absolute atomic E-state index is 0.214. The lowest BCUT2D eigenvalue weighted by Gasteiger charge is -2.19. The predicted octanol–water partition coefficient (Wildman–Crippen LogP) is 1.20. The number of carbonyl (C=O) groups excluding carboxylic acids is 1. The standard InChI is InChI=1S/C11H19N3O3/c1-8-13-9(14-17-8)7-12-6-5-10(15)16-11(2,3)4/h12H,5-7H2,1-4H3. The molecule has 1 heterocycles. The van der Waals surface area contributed by atoms with Crippen LogP contribution in [-0.4, -0.2) is 28.3 Å². The number of nitrogens with one attached hydrogen (secondary N) is 1. The monoisotopic (exact) mass is 241 g/mol. The maximum Gasteiger partial charge on any atom is 0.307 e. The summed E-state index contributed by atoms with van der Waals surface area (Å²) in [4.78, 5) is 15.4. The van der Waals surface area contributed by atoms with Gasteiger partial charge in [0.05, 0.1) is 13.0 Å². The Labute approximate surface area is 101 Å². The molecule has 0 amide bonds. The molecule has 96 valence electrons. The lowest BCUT2D eigenvalue weighted by Crippen LogP contribution is -2.26. The third-order valence-electron chi connectivity index (χ3n) is 1.78. The first-order chi connectivity index (χ1) is 7.87. The van der Waals surface area contributed by atoms with Gasteiger partial charge in [0.1, 0.15) is 5.60 Å². The molecule has 0 saturated carbocycles. The molecule has 0 saturated heterocycles. The Morgan fingerprint density at radius 2 is 2.18 bits per heavy atom. The van der Waals surface area contributed by atoms with E-state index < -0.39 is 5.60 Å². The summed E-state index contributed by atoms with van der Waals surface area (Å²) in [5.74, 6) is 0.912. The van der Waals surface area contributed by atoms with Gasteiger partial charge >= 0.3 is 5.97 Å². The average Bonchev–Trinajstić information content (AvgIpc) is 2.56. The summed E-state index contributed by atoms with van der Waals surface area (Å²) in [6, 6.07) is 0. The van der Waals surface area contributed by atoms with Crippen molar-refractivity contribution in [2.75, 3.05) is 6.54 Å². The van der Waals surface area contributed by atoms with E-state index in [4.69, 9.17) is 9.26 Å². The van der Waals surface area contributed by atoms with Crippen LogP contribution in [0.15, 0.2) is 4.52 Å². The van der Waals surface area contributed by atoms with Gasteiger partial charge in [0.2, 0.25) is 5.89 Å². The largest absolute Gasteiger partial charge is 0.460 e. The van der Waals surface area contributed by atoms with Gasteiger partial charge in [0, 0.05) is 13.5 Å². The number of aryl methyl sites for hydroxylation is 1. The van der Waals surface area contributed by atoms with E-state index in [9.17, 15) is 4.79 Å². The van der Waals surface area contributed by atoms with Gasteiger partial charge in [0.25, 0.3) is 0 Å². The van der Waals surface area contributed by atoms with Crippen LogP contribution >= 0.6 is 0 Å². The molecule has 0 fully saturated rings. The topological polar surface area (TPSA) is 77.2 Å². The number of nitrogens with zero attached hydrogens (tertiary/aromatic N) is 2. The van der Waals surface area contributed by atoms with Crippen molar-refractivity contribution in [3.05, 3.63) is 11.7 Å². The number of rotatable bonds is 5. The molecule has 0 radical (unpaired) electrons. The van der Waals surface area contributed by atoms with Gasteiger partial charge in [-0.25, -0.2) is 0 Å². The number of ether oxygens (including phenoxy) is 1. The zero-order chi connectivity index (χ0) is 12.9. The molecule has 1 aromatic rings. The Balaban J connectivity index is 2.14. The maximum absolute atomic E-state index is 11.4. The van der Waals surface area contributed by atoms with E-state index in [2.05, 4.69) is 15.5 Å². The van der Waals surface area contributed by atoms with Crippen LogP contribution in [0.3, 0.4) is 0 Å². The van der Waals surface area contributed by atoms with E-state index in [1.54, 1.807) is 6.92 Å². The fourth-order valence-electron chi connectivity index (χ4n) is 1.20. The molecule has 17 heavy (non-hydrogen) atoms. The van der Waals surface area contributed by atoms with Crippen molar-refractivity contribution in [2.45, 2.75) is 46.3 Å². The molecule has 1 aromatic heterocycles.